The number of hydrogen-bond acceptors (Lipinski definition) is 1. The van der Waals surface area contributed by atoms with Gasteiger partial charge in [-0.05, 0) is 25.3 Å². The maximum atomic E-state index is 2.43. The summed E-state index contributed by atoms with van der Waals surface area (Å²) in [4.78, 5) is 2.43. The maximum Gasteiger partial charge on any atom is 0.00417 e. The highest BCUT2D eigenvalue weighted by molar-refractivity contribution is 5.06. The standard InChI is InChI=1S/C8H13N/c1-9-5-7-2-3-8(4-7)6-9/h2-3,7-8H,4-6H2,1H3. The third kappa shape index (κ3) is 0.897. The topological polar surface area (TPSA) is 3.24 Å². The van der Waals surface area contributed by atoms with E-state index in [1.807, 2.05) is 0 Å². The monoisotopic (exact) mass is 123 g/mol. The number of rotatable bonds is 0. The van der Waals surface area contributed by atoms with Crippen LogP contribution in [0.25, 0.3) is 0 Å². The van der Waals surface area contributed by atoms with Gasteiger partial charge in [0, 0.05) is 13.1 Å². The minimum absolute atomic E-state index is 0.883. The highest BCUT2D eigenvalue weighted by Crippen LogP contribution is 2.28. The molecule has 50 valence electrons. The van der Waals surface area contributed by atoms with Crippen molar-refractivity contribution in [2.45, 2.75) is 6.42 Å². The van der Waals surface area contributed by atoms with Crippen LogP contribution in [0.5, 0.6) is 0 Å². The van der Waals surface area contributed by atoms with Crippen LogP contribution in [0, 0.1) is 11.8 Å². The molecule has 0 aromatic rings. The van der Waals surface area contributed by atoms with Gasteiger partial charge in [-0.15, -0.1) is 0 Å². The van der Waals surface area contributed by atoms with Crippen molar-refractivity contribution in [2.75, 3.05) is 20.1 Å². The minimum atomic E-state index is 0.883. The molecule has 1 nitrogen and oxygen atoms in total. The van der Waals surface area contributed by atoms with Crippen molar-refractivity contribution in [3.8, 4) is 0 Å². The van der Waals surface area contributed by atoms with Gasteiger partial charge in [0.05, 0.1) is 0 Å². The van der Waals surface area contributed by atoms with Crippen molar-refractivity contribution in [1.29, 1.82) is 0 Å². The van der Waals surface area contributed by atoms with Crippen LogP contribution in [0.4, 0.5) is 0 Å². The molecule has 1 heterocycles. The first-order valence-corrected chi connectivity index (χ1v) is 3.71. The molecule has 1 saturated heterocycles. The van der Waals surface area contributed by atoms with Gasteiger partial charge in [0.1, 0.15) is 0 Å². The molecule has 0 aromatic carbocycles. The third-order valence-corrected chi connectivity index (χ3v) is 2.35. The van der Waals surface area contributed by atoms with Gasteiger partial charge in [-0.25, -0.2) is 0 Å². The van der Waals surface area contributed by atoms with Gasteiger partial charge in [-0.2, -0.15) is 0 Å². The molecule has 0 N–H and O–H groups in total. The smallest absolute Gasteiger partial charge is 0.00417 e. The summed E-state index contributed by atoms with van der Waals surface area (Å²) in [6.07, 6.45) is 6.19. The molecule has 1 aliphatic carbocycles. The van der Waals surface area contributed by atoms with Gasteiger partial charge in [-0.3, -0.25) is 0 Å². The predicted octanol–water partition coefficient (Wildman–Crippen LogP) is 1.12. The summed E-state index contributed by atoms with van der Waals surface area (Å²) in [6.45, 7) is 2.57. The van der Waals surface area contributed by atoms with Gasteiger partial charge < -0.3 is 4.90 Å². The van der Waals surface area contributed by atoms with Crippen molar-refractivity contribution < 1.29 is 0 Å². The highest BCUT2D eigenvalue weighted by atomic mass is 15.1. The quantitative estimate of drug-likeness (QED) is 0.436. The SMILES string of the molecule is CN1CC2C=CC(C2)C1. The van der Waals surface area contributed by atoms with Crippen LogP contribution in [-0.2, 0) is 0 Å². The maximum absolute atomic E-state index is 2.43. The summed E-state index contributed by atoms with van der Waals surface area (Å²) in [5.74, 6) is 1.77. The van der Waals surface area contributed by atoms with E-state index < -0.39 is 0 Å². The lowest BCUT2D eigenvalue weighted by atomic mass is 9.98. The van der Waals surface area contributed by atoms with E-state index in [9.17, 15) is 0 Å². The van der Waals surface area contributed by atoms with Crippen LogP contribution in [0.3, 0.4) is 0 Å². The summed E-state index contributed by atoms with van der Waals surface area (Å²) in [5.41, 5.74) is 0. The van der Waals surface area contributed by atoms with Crippen LogP contribution in [0.15, 0.2) is 12.2 Å². The Morgan fingerprint density at radius 1 is 1.22 bits per heavy atom. The molecular formula is C8H13N. The lowest BCUT2D eigenvalue weighted by molar-refractivity contribution is 0.216. The van der Waals surface area contributed by atoms with Crippen LogP contribution in [0.1, 0.15) is 6.42 Å². The van der Waals surface area contributed by atoms with E-state index >= 15 is 0 Å². The van der Waals surface area contributed by atoms with Crippen molar-refractivity contribution in [3.05, 3.63) is 12.2 Å². The molecule has 2 aliphatic rings. The Morgan fingerprint density at radius 3 is 2.33 bits per heavy atom. The van der Waals surface area contributed by atoms with E-state index in [4.69, 9.17) is 0 Å². The fourth-order valence-corrected chi connectivity index (χ4v) is 2.01. The number of fused-ring (bicyclic) bond motifs is 2. The van der Waals surface area contributed by atoms with Gasteiger partial charge in [0.2, 0.25) is 0 Å². The fraction of sp³-hybridized carbons (Fsp3) is 0.750. The molecule has 2 bridgehead atoms. The number of hydrogen-bond donors (Lipinski definition) is 0. The summed E-state index contributed by atoms with van der Waals surface area (Å²) in [5, 5.41) is 0. The second kappa shape index (κ2) is 1.84. The number of piperidine rings is 1. The molecule has 0 aromatic heterocycles. The summed E-state index contributed by atoms with van der Waals surface area (Å²) < 4.78 is 0. The molecule has 9 heavy (non-hydrogen) atoms. The molecule has 1 fully saturated rings. The first kappa shape index (κ1) is 5.48. The zero-order valence-electron chi connectivity index (χ0n) is 5.88. The van der Waals surface area contributed by atoms with Crippen molar-refractivity contribution in [1.82, 2.24) is 4.90 Å². The Balaban J connectivity index is 2.10. The Bertz CT molecular complexity index is 126. The lowest BCUT2D eigenvalue weighted by Crippen LogP contribution is -2.33. The van der Waals surface area contributed by atoms with E-state index in [1.54, 1.807) is 0 Å². The Labute approximate surface area is 56.4 Å². The van der Waals surface area contributed by atoms with Crippen molar-refractivity contribution in [2.24, 2.45) is 11.8 Å². The van der Waals surface area contributed by atoms with E-state index in [1.165, 1.54) is 19.5 Å². The summed E-state index contributed by atoms with van der Waals surface area (Å²) in [7, 11) is 2.21. The van der Waals surface area contributed by atoms with Crippen LogP contribution < -0.4 is 0 Å². The largest absolute Gasteiger partial charge is 0.305 e. The molecule has 0 radical (unpaired) electrons. The molecule has 0 amide bonds. The van der Waals surface area contributed by atoms with Crippen LogP contribution >= 0.6 is 0 Å². The van der Waals surface area contributed by atoms with Gasteiger partial charge >= 0.3 is 0 Å². The first-order chi connectivity index (χ1) is 4.34. The molecule has 2 atom stereocenters. The minimum Gasteiger partial charge on any atom is -0.305 e. The molecule has 2 rings (SSSR count). The molecule has 2 unspecified atom stereocenters. The predicted molar refractivity (Wildman–Crippen MR) is 38.2 cm³/mol. The van der Waals surface area contributed by atoms with E-state index in [0.717, 1.165) is 11.8 Å². The second-order valence-electron chi connectivity index (χ2n) is 3.36. The van der Waals surface area contributed by atoms with Crippen molar-refractivity contribution >= 4 is 0 Å². The van der Waals surface area contributed by atoms with Gasteiger partial charge in [0.25, 0.3) is 0 Å². The third-order valence-electron chi connectivity index (χ3n) is 2.35. The normalized spacial score (nSPS) is 41.9. The average molecular weight is 123 g/mol. The Hall–Kier alpha value is -0.300. The Kier molecular flexibility index (Phi) is 1.12. The van der Waals surface area contributed by atoms with Crippen LogP contribution in [-0.4, -0.2) is 25.0 Å². The fourth-order valence-electron chi connectivity index (χ4n) is 2.01. The zero-order valence-corrected chi connectivity index (χ0v) is 5.88. The van der Waals surface area contributed by atoms with Gasteiger partial charge in [-0.1, -0.05) is 12.2 Å². The van der Waals surface area contributed by atoms with Crippen LogP contribution in [0.2, 0.25) is 0 Å². The molecule has 1 aliphatic heterocycles. The molecule has 0 spiro atoms. The molecule has 0 saturated carbocycles. The van der Waals surface area contributed by atoms with E-state index in [0.29, 0.717) is 0 Å². The van der Waals surface area contributed by atoms with E-state index in [2.05, 4.69) is 24.1 Å². The van der Waals surface area contributed by atoms with Gasteiger partial charge in [0.15, 0.2) is 0 Å². The summed E-state index contributed by atoms with van der Waals surface area (Å²) in [6, 6.07) is 0. The number of likely N-dealkylation sites (tertiary alicyclic amines) is 1. The van der Waals surface area contributed by atoms with E-state index in [-0.39, 0.29) is 0 Å². The lowest BCUT2D eigenvalue weighted by Gasteiger charge is -2.28. The molecular weight excluding hydrogens is 110 g/mol. The Morgan fingerprint density at radius 2 is 1.78 bits per heavy atom. The van der Waals surface area contributed by atoms with Crippen molar-refractivity contribution in [3.63, 3.8) is 0 Å². The second-order valence-corrected chi connectivity index (χ2v) is 3.36. The highest BCUT2D eigenvalue weighted by Gasteiger charge is 2.25. The summed E-state index contributed by atoms with van der Waals surface area (Å²) >= 11 is 0. The average Bonchev–Trinajstić information content (AvgIpc) is 2.11. The number of nitrogens with zero attached hydrogens (tertiary/aromatic N) is 1. The molecule has 1 heteroatoms. The first-order valence-electron chi connectivity index (χ1n) is 3.71. The zero-order chi connectivity index (χ0) is 6.27.